The van der Waals surface area contributed by atoms with Crippen molar-refractivity contribution in [2.45, 2.75) is 101 Å². The Morgan fingerprint density at radius 2 is 1.00 bits per heavy atom. The number of amides is 2. The second-order valence-corrected chi connectivity index (χ2v) is 9.26. The Morgan fingerprint density at radius 3 is 1.28 bits per heavy atom. The summed E-state index contributed by atoms with van der Waals surface area (Å²) in [5, 5.41) is 5.40. The summed E-state index contributed by atoms with van der Waals surface area (Å²) in [6, 6.07) is -0.526. The van der Waals surface area contributed by atoms with Crippen LogP contribution in [0.5, 0.6) is 0 Å². The number of esters is 2. The lowest BCUT2D eigenvalue weighted by atomic mass is 9.83. The van der Waals surface area contributed by atoms with Crippen molar-refractivity contribution < 1.29 is 28.7 Å². The number of nitrogens with one attached hydrogen (secondary N) is 2. The molecule has 2 saturated carbocycles. The highest BCUT2D eigenvalue weighted by atomic mass is 16.6. The molecule has 0 radical (unpaired) electrons. The smallest absolute Gasteiger partial charge is 0.418 e. The lowest BCUT2D eigenvalue weighted by Gasteiger charge is -2.37. The lowest BCUT2D eigenvalue weighted by Crippen LogP contribution is -2.56. The Kier molecular flexibility index (Phi) is 9.45. The largest absolute Gasteiger partial charge is 0.441 e. The topological polar surface area (TPSA) is 163 Å². The zero-order chi connectivity index (χ0) is 23.8. The zero-order valence-corrected chi connectivity index (χ0v) is 19.2. The average Bonchev–Trinajstić information content (AvgIpc) is 2.76. The number of ether oxygens (including phenoxy) is 2. The van der Waals surface area contributed by atoms with E-state index in [1.807, 2.05) is 0 Å². The SMILES string of the molecule is CC(N)CNC(=O)C1(OC(=O)C(=O)OC2(C(=O)NCC(C)N)CCCCC2)CCCCC1. The molecule has 10 nitrogen and oxygen atoms in total. The van der Waals surface area contributed by atoms with E-state index < -0.39 is 35.0 Å². The molecule has 10 heteroatoms. The highest BCUT2D eigenvalue weighted by molar-refractivity contribution is 6.30. The third kappa shape index (κ3) is 6.90. The molecule has 2 aliphatic rings. The van der Waals surface area contributed by atoms with Gasteiger partial charge in [-0.2, -0.15) is 0 Å². The molecule has 2 atom stereocenters. The van der Waals surface area contributed by atoms with Crippen LogP contribution in [0.15, 0.2) is 0 Å². The molecule has 6 N–H and O–H groups in total. The van der Waals surface area contributed by atoms with Crippen LogP contribution in [0, 0.1) is 0 Å². The molecule has 32 heavy (non-hydrogen) atoms. The van der Waals surface area contributed by atoms with Crippen LogP contribution < -0.4 is 22.1 Å². The summed E-state index contributed by atoms with van der Waals surface area (Å²) in [4.78, 5) is 51.1. The van der Waals surface area contributed by atoms with E-state index in [-0.39, 0.29) is 25.2 Å². The van der Waals surface area contributed by atoms with Crippen LogP contribution in [0.25, 0.3) is 0 Å². The van der Waals surface area contributed by atoms with Gasteiger partial charge in [0, 0.05) is 25.2 Å². The molecule has 2 fully saturated rings. The molecule has 2 amide bonds. The van der Waals surface area contributed by atoms with Gasteiger partial charge in [0.2, 0.25) is 0 Å². The predicted molar refractivity (Wildman–Crippen MR) is 117 cm³/mol. The van der Waals surface area contributed by atoms with E-state index in [9.17, 15) is 19.2 Å². The molecule has 2 unspecified atom stereocenters. The standard InChI is InChI=1S/C22H38N4O6/c1-15(23)13-25-19(29)21(9-5-3-6-10-21)31-17(27)18(28)32-22(11-7-4-8-12-22)20(30)26-14-16(2)24/h15-16H,3-14,23-24H2,1-2H3,(H,25,29)(H,26,30). The quantitative estimate of drug-likeness (QED) is 0.302. The second-order valence-electron chi connectivity index (χ2n) is 9.26. The van der Waals surface area contributed by atoms with E-state index in [2.05, 4.69) is 10.6 Å². The van der Waals surface area contributed by atoms with Gasteiger partial charge in [-0.25, -0.2) is 9.59 Å². The molecule has 0 heterocycles. The Hall–Kier alpha value is -2.20. The first-order valence-corrected chi connectivity index (χ1v) is 11.6. The van der Waals surface area contributed by atoms with Crippen molar-refractivity contribution in [1.82, 2.24) is 10.6 Å². The first kappa shape index (κ1) is 26.1. The molecule has 2 rings (SSSR count). The van der Waals surface area contributed by atoms with E-state index in [1.165, 1.54) is 0 Å². The summed E-state index contributed by atoms with van der Waals surface area (Å²) in [7, 11) is 0. The van der Waals surface area contributed by atoms with E-state index in [4.69, 9.17) is 20.9 Å². The van der Waals surface area contributed by atoms with Gasteiger partial charge in [-0.1, -0.05) is 12.8 Å². The van der Waals surface area contributed by atoms with Crippen molar-refractivity contribution in [2.75, 3.05) is 13.1 Å². The van der Waals surface area contributed by atoms with E-state index in [0.717, 1.165) is 12.8 Å². The molecule has 2 aliphatic carbocycles. The molecular weight excluding hydrogens is 416 g/mol. The summed E-state index contributed by atoms with van der Waals surface area (Å²) >= 11 is 0. The maximum atomic E-state index is 12.8. The Balaban J connectivity index is 2.10. The van der Waals surface area contributed by atoms with Crippen molar-refractivity contribution in [3.63, 3.8) is 0 Å². The van der Waals surface area contributed by atoms with Gasteiger partial charge in [0.05, 0.1) is 0 Å². The van der Waals surface area contributed by atoms with Crippen molar-refractivity contribution in [3.05, 3.63) is 0 Å². The van der Waals surface area contributed by atoms with E-state index in [1.54, 1.807) is 13.8 Å². The molecule has 0 aliphatic heterocycles. The number of rotatable bonds is 8. The second kappa shape index (κ2) is 11.6. The monoisotopic (exact) mass is 454 g/mol. The van der Waals surface area contributed by atoms with Gasteiger partial charge in [0.25, 0.3) is 11.8 Å². The number of hydrogen-bond acceptors (Lipinski definition) is 8. The third-order valence-electron chi connectivity index (χ3n) is 6.06. The maximum absolute atomic E-state index is 12.8. The Morgan fingerprint density at radius 1 is 0.688 bits per heavy atom. The molecule has 0 saturated heterocycles. The fraction of sp³-hybridized carbons (Fsp3) is 0.818. The van der Waals surface area contributed by atoms with Crippen LogP contribution in [-0.2, 0) is 28.7 Å². The third-order valence-corrected chi connectivity index (χ3v) is 6.06. The molecular formula is C22H38N4O6. The predicted octanol–water partition coefficient (Wildman–Crippen LogP) is 0.405. The minimum absolute atomic E-state index is 0.228. The van der Waals surface area contributed by atoms with Crippen molar-refractivity contribution >= 4 is 23.8 Å². The van der Waals surface area contributed by atoms with Gasteiger partial charge in [0.15, 0.2) is 11.2 Å². The minimum Gasteiger partial charge on any atom is -0.441 e. The zero-order valence-electron chi connectivity index (χ0n) is 19.2. The van der Waals surface area contributed by atoms with Gasteiger partial charge in [0.1, 0.15) is 0 Å². The number of hydrogen-bond donors (Lipinski definition) is 4. The summed E-state index contributed by atoms with van der Waals surface area (Å²) in [5.74, 6) is -3.43. The van der Waals surface area contributed by atoms with Crippen LogP contribution in [-0.4, -0.2) is 60.1 Å². The fourth-order valence-corrected chi connectivity index (χ4v) is 4.26. The Bertz CT molecular complexity index is 624. The van der Waals surface area contributed by atoms with Gasteiger partial charge in [-0.3, -0.25) is 9.59 Å². The van der Waals surface area contributed by atoms with Crippen LogP contribution >= 0.6 is 0 Å². The highest BCUT2D eigenvalue weighted by Gasteiger charge is 2.48. The lowest BCUT2D eigenvalue weighted by molar-refractivity contribution is -0.193. The maximum Gasteiger partial charge on any atom is 0.418 e. The summed E-state index contributed by atoms with van der Waals surface area (Å²) in [6.45, 7) is 3.95. The first-order chi connectivity index (χ1) is 15.1. The molecule has 0 aromatic rings. The molecule has 0 aromatic heterocycles. The van der Waals surface area contributed by atoms with E-state index >= 15 is 0 Å². The molecule has 0 bridgehead atoms. The van der Waals surface area contributed by atoms with Gasteiger partial charge in [-0.05, 0) is 65.2 Å². The fourth-order valence-electron chi connectivity index (χ4n) is 4.26. The van der Waals surface area contributed by atoms with Crippen LogP contribution in [0.2, 0.25) is 0 Å². The highest BCUT2D eigenvalue weighted by Crippen LogP contribution is 2.34. The van der Waals surface area contributed by atoms with Crippen LogP contribution in [0.3, 0.4) is 0 Å². The Labute approximate surface area is 189 Å². The summed E-state index contributed by atoms with van der Waals surface area (Å²) in [6.07, 6.45) is 5.85. The van der Waals surface area contributed by atoms with Crippen molar-refractivity contribution in [1.29, 1.82) is 0 Å². The van der Waals surface area contributed by atoms with Crippen molar-refractivity contribution in [3.8, 4) is 0 Å². The molecule has 0 aromatic carbocycles. The number of carbonyl (C=O) groups is 4. The minimum atomic E-state index is -1.43. The van der Waals surface area contributed by atoms with Gasteiger partial charge < -0.3 is 31.6 Å². The van der Waals surface area contributed by atoms with Gasteiger partial charge >= 0.3 is 11.9 Å². The van der Waals surface area contributed by atoms with Gasteiger partial charge in [-0.15, -0.1) is 0 Å². The first-order valence-electron chi connectivity index (χ1n) is 11.6. The van der Waals surface area contributed by atoms with Crippen LogP contribution in [0.4, 0.5) is 0 Å². The van der Waals surface area contributed by atoms with Crippen molar-refractivity contribution in [2.24, 2.45) is 11.5 Å². The molecule has 182 valence electrons. The summed E-state index contributed by atoms with van der Waals surface area (Å²) < 4.78 is 11.0. The van der Waals surface area contributed by atoms with E-state index in [0.29, 0.717) is 51.4 Å². The summed E-state index contributed by atoms with van der Waals surface area (Å²) in [5.41, 5.74) is 8.56. The number of nitrogens with two attached hydrogens (primary N) is 2. The average molecular weight is 455 g/mol. The normalized spacial score (nSPS) is 21.5. The molecule has 0 spiro atoms. The van der Waals surface area contributed by atoms with Crippen LogP contribution in [0.1, 0.15) is 78.1 Å². The number of carbonyl (C=O) groups excluding carboxylic acids is 4.